The maximum absolute atomic E-state index is 5.50. The second-order valence-electron chi connectivity index (χ2n) is 10.0. The summed E-state index contributed by atoms with van der Waals surface area (Å²) in [5.74, 6) is 4.51. The summed E-state index contributed by atoms with van der Waals surface area (Å²) in [6.45, 7) is 6.32. The van der Waals surface area contributed by atoms with Crippen LogP contribution in [0.25, 0.3) is 0 Å². The molecule has 0 heterocycles. The highest BCUT2D eigenvalue weighted by Crippen LogP contribution is 2.67. The van der Waals surface area contributed by atoms with Gasteiger partial charge < -0.3 is 10.6 Å². The van der Waals surface area contributed by atoms with Gasteiger partial charge in [-0.3, -0.25) is 0 Å². The van der Waals surface area contributed by atoms with Gasteiger partial charge in [-0.2, -0.15) is 0 Å². The predicted molar refractivity (Wildman–Crippen MR) is 103 cm³/mol. The Bertz CT molecular complexity index is 506. The summed E-state index contributed by atoms with van der Waals surface area (Å²) in [5, 5.41) is 4.26. The Kier molecular flexibility index (Phi) is 4.90. The van der Waals surface area contributed by atoms with E-state index in [1.807, 2.05) is 0 Å². The normalized spacial score (nSPS) is 49.5. The van der Waals surface area contributed by atoms with Crippen molar-refractivity contribution in [2.75, 3.05) is 13.2 Å². The largest absolute Gasteiger partial charge is 0.395 e. The van der Waals surface area contributed by atoms with Gasteiger partial charge in [0, 0.05) is 18.7 Å². The molecule has 0 bridgehead atoms. The van der Waals surface area contributed by atoms with Gasteiger partial charge in [0.2, 0.25) is 0 Å². The Morgan fingerprint density at radius 2 is 1.80 bits per heavy atom. The lowest BCUT2D eigenvalue weighted by Crippen LogP contribution is -2.52. The van der Waals surface area contributed by atoms with E-state index in [4.69, 9.17) is 10.6 Å². The molecule has 0 amide bonds. The summed E-state index contributed by atoms with van der Waals surface area (Å²) in [5.41, 5.74) is 6.60. The molecule has 4 fully saturated rings. The minimum Gasteiger partial charge on any atom is -0.395 e. The van der Waals surface area contributed by atoms with E-state index in [0.29, 0.717) is 29.9 Å². The predicted octanol–water partition coefficient (Wildman–Crippen LogP) is 5.00. The second-order valence-corrected chi connectivity index (χ2v) is 10.0. The van der Waals surface area contributed by atoms with Crippen LogP contribution < -0.4 is 5.73 Å². The van der Waals surface area contributed by atoms with Crippen molar-refractivity contribution in [2.24, 2.45) is 51.3 Å². The molecule has 3 nitrogen and oxygen atoms in total. The molecule has 0 aromatic carbocycles. The van der Waals surface area contributed by atoms with Crippen LogP contribution >= 0.6 is 0 Å². The molecule has 2 N–H and O–H groups in total. The second kappa shape index (κ2) is 6.87. The van der Waals surface area contributed by atoms with Gasteiger partial charge in [-0.05, 0) is 85.9 Å². The molecule has 0 saturated heterocycles. The maximum Gasteiger partial charge on any atom is 0.129 e. The van der Waals surface area contributed by atoms with Gasteiger partial charge in [0.15, 0.2) is 0 Å². The van der Waals surface area contributed by atoms with Crippen molar-refractivity contribution in [1.82, 2.24) is 0 Å². The smallest absolute Gasteiger partial charge is 0.129 e. The Morgan fingerprint density at radius 1 is 0.960 bits per heavy atom. The highest BCUT2D eigenvalue weighted by atomic mass is 16.6. The molecule has 25 heavy (non-hydrogen) atoms. The van der Waals surface area contributed by atoms with E-state index in [-0.39, 0.29) is 0 Å². The standard InChI is InChI=1S/C22H38N2O/c1-21-11-4-3-5-16(21)6-8-18-19-9-7-17(15-24-25-14-13-23)22(19,2)12-10-20(18)21/h15-20H,3-14,23H2,1-2H3/b24-15+/t16-,17+,18-,19-,20-,21-,22+/m0/s1. The molecule has 0 aromatic heterocycles. The van der Waals surface area contributed by atoms with Crippen LogP contribution in [-0.2, 0) is 4.84 Å². The fourth-order valence-corrected chi connectivity index (χ4v) is 7.80. The first-order chi connectivity index (χ1) is 12.1. The summed E-state index contributed by atoms with van der Waals surface area (Å²) in [6, 6.07) is 0. The monoisotopic (exact) mass is 346 g/mol. The number of rotatable bonds is 4. The van der Waals surface area contributed by atoms with E-state index in [0.717, 1.165) is 23.7 Å². The number of nitrogens with zero attached hydrogens (tertiary/aromatic N) is 1. The van der Waals surface area contributed by atoms with Gasteiger partial charge >= 0.3 is 0 Å². The molecule has 4 aliphatic carbocycles. The number of oxime groups is 1. The first-order valence-electron chi connectivity index (χ1n) is 10.9. The number of fused-ring (bicyclic) bond motifs is 5. The third-order valence-electron chi connectivity index (χ3n) is 9.18. The number of hydrogen-bond donors (Lipinski definition) is 1. The van der Waals surface area contributed by atoms with Gasteiger partial charge in [0.25, 0.3) is 0 Å². The van der Waals surface area contributed by atoms with E-state index in [9.17, 15) is 0 Å². The van der Waals surface area contributed by atoms with Crippen molar-refractivity contribution >= 4 is 6.21 Å². The van der Waals surface area contributed by atoms with Crippen LogP contribution in [0.3, 0.4) is 0 Å². The van der Waals surface area contributed by atoms with Crippen molar-refractivity contribution in [3.63, 3.8) is 0 Å². The zero-order valence-electron chi connectivity index (χ0n) is 16.4. The van der Waals surface area contributed by atoms with Gasteiger partial charge in [0.1, 0.15) is 6.61 Å². The SMILES string of the molecule is C[C@]12CCCC[C@H]1CC[C@@H]1[C@@H]2CC[C@]2(C)[C@@H](/C=N/OCCN)CC[C@@H]12. The lowest BCUT2D eigenvalue weighted by atomic mass is 9.45. The van der Waals surface area contributed by atoms with Crippen molar-refractivity contribution in [3.05, 3.63) is 0 Å². The fourth-order valence-electron chi connectivity index (χ4n) is 7.80. The molecule has 0 aliphatic heterocycles. The summed E-state index contributed by atoms with van der Waals surface area (Å²) in [7, 11) is 0. The maximum atomic E-state index is 5.50. The number of hydrogen-bond acceptors (Lipinski definition) is 3. The van der Waals surface area contributed by atoms with Crippen LogP contribution in [0.15, 0.2) is 5.16 Å². The number of nitrogens with two attached hydrogens (primary N) is 1. The first-order valence-corrected chi connectivity index (χ1v) is 10.9. The zero-order chi connectivity index (χ0) is 17.5. The minimum absolute atomic E-state index is 0.453. The molecule has 7 atom stereocenters. The minimum atomic E-state index is 0.453. The molecule has 0 unspecified atom stereocenters. The average molecular weight is 347 g/mol. The summed E-state index contributed by atoms with van der Waals surface area (Å²) in [6.07, 6.45) is 16.7. The summed E-state index contributed by atoms with van der Waals surface area (Å²) in [4.78, 5) is 5.31. The van der Waals surface area contributed by atoms with Crippen LogP contribution in [0.4, 0.5) is 0 Å². The molecular formula is C22H38N2O. The van der Waals surface area contributed by atoms with Crippen LogP contribution in [0, 0.1) is 40.4 Å². The third kappa shape index (κ3) is 2.85. The first kappa shape index (κ1) is 17.8. The molecule has 0 aromatic rings. The van der Waals surface area contributed by atoms with Crippen molar-refractivity contribution in [2.45, 2.75) is 78.1 Å². The molecule has 0 radical (unpaired) electrons. The Balaban J connectivity index is 1.50. The quantitative estimate of drug-likeness (QED) is 0.442. The zero-order valence-corrected chi connectivity index (χ0v) is 16.4. The van der Waals surface area contributed by atoms with Crippen LogP contribution in [-0.4, -0.2) is 19.4 Å². The molecule has 4 rings (SSSR count). The Labute approximate surface area is 154 Å². The van der Waals surface area contributed by atoms with E-state index in [1.54, 1.807) is 0 Å². The van der Waals surface area contributed by atoms with Crippen LogP contribution in [0.1, 0.15) is 78.1 Å². The fraction of sp³-hybridized carbons (Fsp3) is 0.955. The van der Waals surface area contributed by atoms with Gasteiger partial charge in [-0.25, -0.2) is 0 Å². The lowest BCUT2D eigenvalue weighted by Gasteiger charge is -2.60. The summed E-state index contributed by atoms with van der Waals surface area (Å²) >= 11 is 0. The average Bonchev–Trinajstić information content (AvgIpc) is 2.95. The van der Waals surface area contributed by atoms with Crippen LogP contribution in [0.5, 0.6) is 0 Å². The Hall–Kier alpha value is -0.570. The molecule has 4 aliphatic rings. The van der Waals surface area contributed by atoms with Gasteiger partial charge in [-0.1, -0.05) is 31.8 Å². The highest BCUT2D eigenvalue weighted by molar-refractivity contribution is 5.62. The van der Waals surface area contributed by atoms with Gasteiger partial charge in [-0.15, -0.1) is 0 Å². The van der Waals surface area contributed by atoms with Crippen molar-refractivity contribution < 1.29 is 4.84 Å². The lowest BCUT2D eigenvalue weighted by molar-refractivity contribution is -0.106. The van der Waals surface area contributed by atoms with E-state index in [2.05, 4.69) is 25.2 Å². The molecular weight excluding hydrogens is 308 g/mol. The molecule has 4 saturated carbocycles. The topological polar surface area (TPSA) is 47.6 Å². The molecule has 3 heteroatoms. The van der Waals surface area contributed by atoms with Gasteiger partial charge in [0.05, 0.1) is 0 Å². The highest BCUT2D eigenvalue weighted by Gasteiger charge is 2.59. The molecule has 0 spiro atoms. The third-order valence-corrected chi connectivity index (χ3v) is 9.18. The Morgan fingerprint density at radius 3 is 2.64 bits per heavy atom. The van der Waals surface area contributed by atoms with Crippen molar-refractivity contribution in [1.29, 1.82) is 0 Å². The molecule has 142 valence electrons. The van der Waals surface area contributed by atoms with E-state index >= 15 is 0 Å². The van der Waals surface area contributed by atoms with Crippen molar-refractivity contribution in [3.8, 4) is 0 Å². The summed E-state index contributed by atoms with van der Waals surface area (Å²) < 4.78 is 0. The van der Waals surface area contributed by atoms with E-state index < -0.39 is 0 Å². The van der Waals surface area contributed by atoms with E-state index in [1.165, 1.54) is 64.2 Å². The van der Waals surface area contributed by atoms with Crippen LogP contribution in [0.2, 0.25) is 0 Å².